The van der Waals surface area contributed by atoms with Gasteiger partial charge in [-0.25, -0.2) is 0 Å². The smallest absolute Gasteiger partial charge is 0.305 e. The molecule has 0 amide bonds. The second kappa shape index (κ2) is 9.43. The SMILES string of the molecule is CCC(=O)OCC(C)Oc1ccc(NCC2CCCCC2)cc1. The summed E-state index contributed by atoms with van der Waals surface area (Å²) in [5, 5.41) is 3.52. The number of carbonyl (C=O) groups excluding carboxylic acids is 1. The predicted molar refractivity (Wildman–Crippen MR) is 92.8 cm³/mol. The maximum absolute atomic E-state index is 11.1. The highest BCUT2D eigenvalue weighted by atomic mass is 16.6. The highest BCUT2D eigenvalue weighted by Crippen LogP contribution is 2.24. The summed E-state index contributed by atoms with van der Waals surface area (Å²) in [6.45, 7) is 5.03. The lowest BCUT2D eigenvalue weighted by atomic mass is 9.89. The molecule has 4 heteroatoms. The van der Waals surface area contributed by atoms with Gasteiger partial charge in [0.25, 0.3) is 0 Å². The van der Waals surface area contributed by atoms with Gasteiger partial charge in [-0.05, 0) is 49.9 Å². The fraction of sp³-hybridized carbons (Fsp3) is 0.632. The van der Waals surface area contributed by atoms with Gasteiger partial charge in [-0.3, -0.25) is 4.79 Å². The van der Waals surface area contributed by atoms with Crippen molar-refractivity contribution in [2.45, 2.75) is 58.5 Å². The van der Waals surface area contributed by atoms with E-state index >= 15 is 0 Å². The number of ether oxygens (including phenoxy) is 2. The highest BCUT2D eigenvalue weighted by Gasteiger charge is 2.13. The number of benzene rings is 1. The molecule has 0 spiro atoms. The summed E-state index contributed by atoms with van der Waals surface area (Å²) in [7, 11) is 0. The first kappa shape index (κ1) is 17.6. The molecule has 2 rings (SSSR count). The van der Waals surface area contributed by atoms with Gasteiger partial charge in [0, 0.05) is 18.7 Å². The summed E-state index contributed by atoms with van der Waals surface area (Å²) >= 11 is 0. The summed E-state index contributed by atoms with van der Waals surface area (Å²) in [6, 6.07) is 8.01. The Labute approximate surface area is 139 Å². The van der Waals surface area contributed by atoms with Gasteiger partial charge in [0.15, 0.2) is 0 Å². The van der Waals surface area contributed by atoms with E-state index in [0.717, 1.165) is 23.9 Å². The molecule has 0 radical (unpaired) electrons. The maximum atomic E-state index is 11.1. The third-order valence-corrected chi connectivity index (χ3v) is 4.28. The fourth-order valence-electron chi connectivity index (χ4n) is 2.88. The Morgan fingerprint density at radius 2 is 1.91 bits per heavy atom. The summed E-state index contributed by atoms with van der Waals surface area (Å²) < 4.78 is 10.8. The fourth-order valence-corrected chi connectivity index (χ4v) is 2.88. The average molecular weight is 319 g/mol. The highest BCUT2D eigenvalue weighted by molar-refractivity contribution is 5.68. The molecule has 0 aromatic heterocycles. The van der Waals surface area contributed by atoms with E-state index in [9.17, 15) is 4.79 Å². The van der Waals surface area contributed by atoms with Crippen LogP contribution in [0.4, 0.5) is 5.69 Å². The van der Waals surface area contributed by atoms with Gasteiger partial charge >= 0.3 is 5.97 Å². The largest absolute Gasteiger partial charge is 0.487 e. The van der Waals surface area contributed by atoms with E-state index in [1.807, 2.05) is 31.2 Å². The molecule has 1 aliphatic rings. The molecule has 1 N–H and O–H groups in total. The molecule has 0 heterocycles. The minimum atomic E-state index is -0.192. The monoisotopic (exact) mass is 319 g/mol. The van der Waals surface area contributed by atoms with Crippen molar-refractivity contribution in [1.29, 1.82) is 0 Å². The Balaban J connectivity index is 1.71. The first-order chi connectivity index (χ1) is 11.2. The van der Waals surface area contributed by atoms with Gasteiger partial charge in [-0.1, -0.05) is 26.2 Å². The van der Waals surface area contributed by atoms with Crippen molar-refractivity contribution in [3.63, 3.8) is 0 Å². The Bertz CT molecular complexity index is 466. The number of esters is 1. The van der Waals surface area contributed by atoms with Crippen LogP contribution in [0.5, 0.6) is 5.75 Å². The zero-order valence-electron chi connectivity index (χ0n) is 14.3. The van der Waals surface area contributed by atoms with E-state index in [0.29, 0.717) is 6.42 Å². The molecule has 1 aromatic carbocycles. The second-order valence-electron chi connectivity index (χ2n) is 6.37. The van der Waals surface area contributed by atoms with Crippen molar-refractivity contribution in [3.05, 3.63) is 24.3 Å². The predicted octanol–water partition coefficient (Wildman–Crippen LogP) is 4.40. The minimum Gasteiger partial charge on any atom is -0.487 e. The molecule has 23 heavy (non-hydrogen) atoms. The van der Waals surface area contributed by atoms with Crippen molar-refractivity contribution >= 4 is 11.7 Å². The van der Waals surface area contributed by atoms with Crippen LogP contribution in [0.1, 0.15) is 52.4 Å². The summed E-state index contributed by atoms with van der Waals surface area (Å²) in [5.41, 5.74) is 1.13. The molecule has 0 saturated heterocycles. The Hall–Kier alpha value is -1.71. The standard InChI is InChI=1S/C19H29NO3/c1-3-19(21)22-14-15(2)23-18-11-9-17(10-12-18)20-13-16-7-5-4-6-8-16/h9-12,15-16,20H,3-8,13-14H2,1-2H3. The lowest BCUT2D eigenvalue weighted by molar-refractivity contribution is -0.145. The minimum absolute atomic E-state index is 0.147. The summed E-state index contributed by atoms with van der Waals surface area (Å²) in [6.07, 6.45) is 7.10. The number of anilines is 1. The van der Waals surface area contributed by atoms with Crippen LogP contribution in [0.2, 0.25) is 0 Å². The lowest BCUT2D eigenvalue weighted by Gasteiger charge is -2.22. The Morgan fingerprint density at radius 3 is 2.57 bits per heavy atom. The Morgan fingerprint density at radius 1 is 1.22 bits per heavy atom. The quantitative estimate of drug-likeness (QED) is 0.722. The molecule has 0 aliphatic heterocycles. The molecule has 1 unspecified atom stereocenters. The number of hydrogen-bond donors (Lipinski definition) is 1. The van der Waals surface area contributed by atoms with Crippen LogP contribution in [-0.2, 0) is 9.53 Å². The molecular weight excluding hydrogens is 290 g/mol. The number of carbonyl (C=O) groups is 1. The molecule has 0 bridgehead atoms. The molecule has 1 fully saturated rings. The van der Waals surface area contributed by atoms with Crippen molar-refractivity contribution in [2.75, 3.05) is 18.5 Å². The van der Waals surface area contributed by atoms with Crippen LogP contribution in [0.15, 0.2) is 24.3 Å². The van der Waals surface area contributed by atoms with Gasteiger partial charge in [-0.2, -0.15) is 0 Å². The molecule has 1 saturated carbocycles. The first-order valence-corrected chi connectivity index (χ1v) is 8.83. The van der Waals surface area contributed by atoms with E-state index in [4.69, 9.17) is 9.47 Å². The van der Waals surface area contributed by atoms with Crippen LogP contribution in [0.3, 0.4) is 0 Å². The molecule has 128 valence electrons. The second-order valence-corrected chi connectivity index (χ2v) is 6.37. The van der Waals surface area contributed by atoms with Crippen molar-refractivity contribution in [1.82, 2.24) is 0 Å². The molecule has 1 aromatic rings. The zero-order valence-corrected chi connectivity index (χ0v) is 14.3. The van der Waals surface area contributed by atoms with Gasteiger partial charge in [-0.15, -0.1) is 0 Å². The van der Waals surface area contributed by atoms with Crippen LogP contribution in [-0.4, -0.2) is 25.2 Å². The van der Waals surface area contributed by atoms with Crippen molar-refractivity contribution < 1.29 is 14.3 Å². The molecule has 4 nitrogen and oxygen atoms in total. The van der Waals surface area contributed by atoms with Crippen molar-refractivity contribution in [2.24, 2.45) is 5.92 Å². The maximum Gasteiger partial charge on any atom is 0.305 e. The van der Waals surface area contributed by atoms with Crippen LogP contribution in [0.25, 0.3) is 0 Å². The lowest BCUT2D eigenvalue weighted by Crippen LogP contribution is -2.21. The van der Waals surface area contributed by atoms with Crippen LogP contribution < -0.4 is 10.1 Å². The first-order valence-electron chi connectivity index (χ1n) is 8.83. The number of nitrogens with one attached hydrogen (secondary N) is 1. The van der Waals surface area contributed by atoms with Gasteiger partial charge in [0.1, 0.15) is 18.5 Å². The topological polar surface area (TPSA) is 47.6 Å². The Kier molecular flexibility index (Phi) is 7.24. The van der Waals surface area contributed by atoms with E-state index in [1.54, 1.807) is 6.92 Å². The summed E-state index contributed by atoms with van der Waals surface area (Å²) in [4.78, 5) is 11.1. The summed E-state index contributed by atoms with van der Waals surface area (Å²) in [5.74, 6) is 1.42. The van der Waals surface area contributed by atoms with Crippen molar-refractivity contribution in [3.8, 4) is 5.75 Å². The normalized spacial score (nSPS) is 16.6. The average Bonchev–Trinajstić information content (AvgIpc) is 2.60. The molecular formula is C19H29NO3. The van der Waals surface area contributed by atoms with E-state index < -0.39 is 0 Å². The van der Waals surface area contributed by atoms with E-state index in [-0.39, 0.29) is 18.7 Å². The van der Waals surface area contributed by atoms with Crippen LogP contribution in [0, 0.1) is 5.92 Å². The third kappa shape index (κ3) is 6.51. The van der Waals surface area contributed by atoms with Gasteiger partial charge in [0.2, 0.25) is 0 Å². The zero-order chi connectivity index (χ0) is 16.5. The van der Waals surface area contributed by atoms with E-state index in [2.05, 4.69) is 5.32 Å². The van der Waals surface area contributed by atoms with Crippen LogP contribution >= 0.6 is 0 Å². The number of rotatable bonds is 8. The van der Waals surface area contributed by atoms with E-state index in [1.165, 1.54) is 32.1 Å². The van der Waals surface area contributed by atoms with Gasteiger partial charge < -0.3 is 14.8 Å². The van der Waals surface area contributed by atoms with Gasteiger partial charge in [0.05, 0.1) is 0 Å². The molecule has 1 aliphatic carbocycles. The third-order valence-electron chi connectivity index (χ3n) is 4.28. The molecule has 1 atom stereocenters. The number of hydrogen-bond acceptors (Lipinski definition) is 4.